The van der Waals surface area contributed by atoms with Crippen molar-refractivity contribution < 1.29 is 17.9 Å². The quantitative estimate of drug-likeness (QED) is 0.744. The molecule has 27 heavy (non-hydrogen) atoms. The van der Waals surface area contributed by atoms with E-state index < -0.39 is 15.6 Å². The van der Waals surface area contributed by atoms with Gasteiger partial charge in [0.15, 0.2) is 5.60 Å². The lowest BCUT2D eigenvalue weighted by molar-refractivity contribution is -0.134. The smallest absolute Gasteiger partial charge is 0.263 e. The number of piperidine rings is 1. The molecular formula is C19H27ClN2O4S. The summed E-state index contributed by atoms with van der Waals surface area (Å²) >= 11 is 5.86. The van der Waals surface area contributed by atoms with Crippen molar-refractivity contribution in [2.75, 3.05) is 19.6 Å². The first-order valence-corrected chi connectivity index (χ1v) is 11.3. The van der Waals surface area contributed by atoms with E-state index in [0.29, 0.717) is 30.4 Å². The lowest BCUT2D eigenvalue weighted by atomic mass is 9.97. The molecule has 1 amide bonds. The molecule has 0 atom stereocenters. The molecule has 3 rings (SSSR count). The van der Waals surface area contributed by atoms with E-state index in [2.05, 4.69) is 5.32 Å². The highest BCUT2D eigenvalue weighted by Gasteiger charge is 2.41. The van der Waals surface area contributed by atoms with E-state index in [1.807, 2.05) is 0 Å². The standard InChI is InChI=1S/C19H27ClN2O4S/c1-19(2,26-16-5-3-15(20)4-6-16)18(23)21-13-14-9-11-22(12-10-14)27(24,25)17-7-8-17/h3-6,14,17H,7-13H2,1-2H3,(H,21,23). The molecule has 1 heterocycles. The number of rotatable bonds is 7. The van der Waals surface area contributed by atoms with E-state index in [9.17, 15) is 13.2 Å². The number of sulfonamides is 1. The van der Waals surface area contributed by atoms with Gasteiger partial charge in [-0.05, 0) is 69.7 Å². The Kier molecular flexibility index (Phi) is 6.03. The number of halogens is 1. The lowest BCUT2D eigenvalue weighted by Gasteiger charge is -2.32. The van der Waals surface area contributed by atoms with E-state index in [0.717, 1.165) is 25.7 Å². The van der Waals surface area contributed by atoms with Crippen molar-refractivity contribution in [1.82, 2.24) is 9.62 Å². The summed E-state index contributed by atoms with van der Waals surface area (Å²) in [6.07, 6.45) is 3.12. The lowest BCUT2D eigenvalue weighted by Crippen LogP contribution is -2.49. The molecule has 0 spiro atoms. The van der Waals surface area contributed by atoms with Gasteiger partial charge in [-0.25, -0.2) is 12.7 Å². The number of amides is 1. The van der Waals surface area contributed by atoms with E-state index in [4.69, 9.17) is 16.3 Å². The zero-order chi connectivity index (χ0) is 19.7. The van der Waals surface area contributed by atoms with Crippen LogP contribution in [0.15, 0.2) is 24.3 Å². The fourth-order valence-electron chi connectivity index (χ4n) is 3.24. The van der Waals surface area contributed by atoms with E-state index in [1.165, 1.54) is 0 Å². The molecule has 2 aliphatic rings. The van der Waals surface area contributed by atoms with Crippen molar-refractivity contribution in [3.63, 3.8) is 0 Å². The predicted molar refractivity (Wildman–Crippen MR) is 105 cm³/mol. The number of nitrogens with one attached hydrogen (secondary N) is 1. The Hall–Kier alpha value is -1.31. The van der Waals surface area contributed by atoms with Crippen LogP contribution in [0.3, 0.4) is 0 Å². The summed E-state index contributed by atoms with van der Waals surface area (Å²) < 4.78 is 32.0. The number of nitrogens with zero attached hydrogens (tertiary/aromatic N) is 1. The molecule has 1 aliphatic heterocycles. The van der Waals surface area contributed by atoms with E-state index >= 15 is 0 Å². The van der Waals surface area contributed by atoms with Crippen LogP contribution in [0.1, 0.15) is 39.5 Å². The Labute approximate surface area is 166 Å². The molecule has 1 aliphatic carbocycles. The average molecular weight is 415 g/mol. The molecule has 0 bridgehead atoms. The number of carbonyl (C=O) groups excluding carboxylic acids is 1. The van der Waals surface area contributed by atoms with Crippen molar-refractivity contribution in [2.45, 2.75) is 50.4 Å². The van der Waals surface area contributed by atoms with Gasteiger partial charge in [-0.15, -0.1) is 0 Å². The summed E-state index contributed by atoms with van der Waals surface area (Å²) in [6, 6.07) is 6.89. The molecule has 1 N–H and O–H groups in total. The van der Waals surface area contributed by atoms with Crippen LogP contribution in [0.5, 0.6) is 5.75 Å². The third-order valence-corrected chi connectivity index (χ3v) is 7.81. The van der Waals surface area contributed by atoms with Crippen molar-refractivity contribution >= 4 is 27.5 Å². The molecule has 1 saturated carbocycles. The van der Waals surface area contributed by atoms with Gasteiger partial charge in [-0.3, -0.25) is 4.79 Å². The maximum atomic E-state index is 12.5. The van der Waals surface area contributed by atoms with Crippen LogP contribution in [0.4, 0.5) is 0 Å². The second-order valence-electron chi connectivity index (χ2n) is 7.86. The SMILES string of the molecule is CC(C)(Oc1ccc(Cl)cc1)C(=O)NCC1CCN(S(=O)(=O)C2CC2)CC1. The molecule has 1 aromatic rings. The number of carbonyl (C=O) groups is 1. The summed E-state index contributed by atoms with van der Waals surface area (Å²) in [5.74, 6) is 0.676. The van der Waals surface area contributed by atoms with Gasteiger partial charge in [0.25, 0.3) is 5.91 Å². The molecule has 2 fully saturated rings. The highest BCUT2D eigenvalue weighted by atomic mass is 35.5. The Morgan fingerprint density at radius 1 is 1.19 bits per heavy atom. The van der Waals surface area contributed by atoms with Gasteiger partial charge in [0, 0.05) is 24.7 Å². The first-order chi connectivity index (χ1) is 12.7. The Bertz CT molecular complexity index is 767. The molecule has 0 radical (unpaired) electrons. The maximum absolute atomic E-state index is 12.5. The third-order valence-electron chi connectivity index (χ3n) is 5.16. The normalized spacial score (nSPS) is 19.7. The van der Waals surface area contributed by atoms with Crippen LogP contribution < -0.4 is 10.1 Å². The minimum Gasteiger partial charge on any atom is -0.478 e. The molecular weight excluding hydrogens is 388 g/mol. The van der Waals surface area contributed by atoms with E-state index in [-0.39, 0.29) is 17.1 Å². The van der Waals surface area contributed by atoms with Gasteiger partial charge in [0.05, 0.1) is 5.25 Å². The zero-order valence-electron chi connectivity index (χ0n) is 15.8. The molecule has 0 unspecified atom stereocenters. The number of ether oxygens (including phenoxy) is 1. The highest BCUT2D eigenvalue weighted by Crippen LogP contribution is 2.33. The third kappa shape index (κ3) is 5.15. The van der Waals surface area contributed by atoms with Gasteiger partial charge in [-0.1, -0.05) is 11.6 Å². The molecule has 0 aromatic heterocycles. The topological polar surface area (TPSA) is 75.7 Å². The number of hydrogen-bond donors (Lipinski definition) is 1. The number of hydrogen-bond acceptors (Lipinski definition) is 4. The van der Waals surface area contributed by atoms with E-state index in [1.54, 1.807) is 42.4 Å². The van der Waals surface area contributed by atoms with Gasteiger partial charge in [0.1, 0.15) is 5.75 Å². The first kappa shape index (κ1) is 20.4. The minimum absolute atomic E-state index is 0.153. The summed E-state index contributed by atoms with van der Waals surface area (Å²) in [6.45, 7) is 5.07. The highest BCUT2D eigenvalue weighted by molar-refractivity contribution is 7.90. The van der Waals surface area contributed by atoms with Gasteiger partial charge < -0.3 is 10.1 Å². The summed E-state index contributed by atoms with van der Waals surface area (Å²) in [5, 5.41) is 3.41. The summed E-state index contributed by atoms with van der Waals surface area (Å²) in [5.41, 5.74) is -1.01. The predicted octanol–water partition coefficient (Wildman–Crippen LogP) is 2.82. The molecule has 150 valence electrons. The Balaban J connectivity index is 1.45. The minimum atomic E-state index is -3.09. The Morgan fingerprint density at radius 2 is 1.78 bits per heavy atom. The largest absolute Gasteiger partial charge is 0.478 e. The molecule has 1 saturated heterocycles. The summed E-state index contributed by atoms with van der Waals surface area (Å²) in [4.78, 5) is 12.5. The second-order valence-corrected chi connectivity index (χ2v) is 10.5. The van der Waals surface area contributed by atoms with Crippen LogP contribution in [0.2, 0.25) is 5.02 Å². The second kappa shape index (κ2) is 7.97. The van der Waals surface area contributed by atoms with Crippen molar-refractivity contribution in [3.8, 4) is 5.75 Å². The zero-order valence-corrected chi connectivity index (χ0v) is 17.4. The van der Waals surface area contributed by atoms with Crippen molar-refractivity contribution in [2.24, 2.45) is 5.92 Å². The van der Waals surface area contributed by atoms with Crippen molar-refractivity contribution in [3.05, 3.63) is 29.3 Å². The van der Waals surface area contributed by atoms with Gasteiger partial charge in [0.2, 0.25) is 10.0 Å². The maximum Gasteiger partial charge on any atom is 0.263 e. The van der Waals surface area contributed by atoms with Crippen molar-refractivity contribution in [1.29, 1.82) is 0 Å². The fourth-order valence-corrected chi connectivity index (χ4v) is 5.24. The number of benzene rings is 1. The van der Waals surface area contributed by atoms with Crippen LogP contribution in [-0.4, -0.2) is 49.1 Å². The summed E-state index contributed by atoms with van der Waals surface area (Å²) in [7, 11) is -3.09. The van der Waals surface area contributed by atoms with Crippen LogP contribution >= 0.6 is 11.6 Å². The molecule has 6 nitrogen and oxygen atoms in total. The average Bonchev–Trinajstić information content (AvgIpc) is 3.47. The first-order valence-electron chi connectivity index (χ1n) is 9.40. The Morgan fingerprint density at radius 3 is 2.33 bits per heavy atom. The molecule has 8 heteroatoms. The fraction of sp³-hybridized carbons (Fsp3) is 0.632. The van der Waals surface area contributed by atoms with Gasteiger partial charge in [-0.2, -0.15) is 0 Å². The van der Waals surface area contributed by atoms with Crippen LogP contribution in [-0.2, 0) is 14.8 Å². The monoisotopic (exact) mass is 414 g/mol. The van der Waals surface area contributed by atoms with Crippen LogP contribution in [0, 0.1) is 5.92 Å². The van der Waals surface area contributed by atoms with Crippen LogP contribution in [0.25, 0.3) is 0 Å². The van der Waals surface area contributed by atoms with Gasteiger partial charge >= 0.3 is 0 Å². The molecule has 1 aromatic carbocycles.